The second kappa shape index (κ2) is 6.81. The van der Waals surface area contributed by atoms with Crippen molar-refractivity contribution in [3.63, 3.8) is 0 Å². The van der Waals surface area contributed by atoms with Crippen LogP contribution in [0.15, 0.2) is 48.7 Å². The van der Waals surface area contributed by atoms with E-state index in [2.05, 4.69) is 33.9 Å². The van der Waals surface area contributed by atoms with Crippen molar-refractivity contribution < 1.29 is 9.53 Å². The van der Waals surface area contributed by atoms with Gasteiger partial charge in [0.05, 0.1) is 12.7 Å². The summed E-state index contributed by atoms with van der Waals surface area (Å²) in [6.07, 6.45) is 1.62. The third-order valence-electron chi connectivity index (χ3n) is 4.25. The van der Waals surface area contributed by atoms with Crippen LogP contribution < -0.4 is 10.1 Å². The number of carbonyl (C=O) groups excluding carboxylic acids is 1. The molecular weight excluding hydrogens is 314 g/mol. The van der Waals surface area contributed by atoms with E-state index in [-0.39, 0.29) is 5.91 Å². The molecule has 1 N–H and O–H groups in total. The molecule has 0 saturated heterocycles. The molecule has 3 rings (SSSR count). The molecule has 1 aromatic carbocycles. The van der Waals surface area contributed by atoms with Crippen LogP contribution in [0.25, 0.3) is 5.69 Å². The standard InChI is InChI=1S/C20H21N3O2/c1-13-8-5-6-9-17(13)23-14(2)12-16(15(23)3)20(24)22-19-18(25-4)10-7-11-21-19/h5-12H,1-4H3,(H,21,22,24). The average Bonchev–Trinajstić information content (AvgIpc) is 2.90. The van der Waals surface area contributed by atoms with Crippen LogP contribution >= 0.6 is 0 Å². The molecule has 3 aromatic rings. The monoisotopic (exact) mass is 335 g/mol. The van der Waals surface area contributed by atoms with Crippen LogP contribution in [0.1, 0.15) is 27.3 Å². The molecule has 5 heteroatoms. The topological polar surface area (TPSA) is 56.1 Å². The zero-order valence-electron chi connectivity index (χ0n) is 14.8. The summed E-state index contributed by atoms with van der Waals surface area (Å²) in [5, 5.41) is 2.84. The van der Waals surface area contributed by atoms with Gasteiger partial charge in [-0.2, -0.15) is 0 Å². The first-order valence-electron chi connectivity index (χ1n) is 8.08. The van der Waals surface area contributed by atoms with E-state index in [1.807, 2.05) is 32.0 Å². The van der Waals surface area contributed by atoms with Crippen molar-refractivity contribution in [1.82, 2.24) is 9.55 Å². The number of para-hydroxylation sites is 1. The summed E-state index contributed by atoms with van der Waals surface area (Å²) in [6, 6.07) is 13.5. The lowest BCUT2D eigenvalue weighted by Gasteiger charge is -2.13. The van der Waals surface area contributed by atoms with Crippen LogP contribution in [0.4, 0.5) is 5.82 Å². The minimum absolute atomic E-state index is 0.204. The lowest BCUT2D eigenvalue weighted by molar-refractivity contribution is 0.102. The van der Waals surface area contributed by atoms with E-state index in [4.69, 9.17) is 4.74 Å². The van der Waals surface area contributed by atoms with Gasteiger partial charge in [-0.25, -0.2) is 4.98 Å². The quantitative estimate of drug-likeness (QED) is 0.782. The molecule has 0 aliphatic carbocycles. The Morgan fingerprint density at radius 3 is 2.60 bits per heavy atom. The van der Waals surface area contributed by atoms with Crippen molar-refractivity contribution in [3.05, 3.63) is 71.2 Å². The van der Waals surface area contributed by atoms with Crippen LogP contribution in [0, 0.1) is 20.8 Å². The van der Waals surface area contributed by atoms with E-state index in [0.29, 0.717) is 17.1 Å². The van der Waals surface area contributed by atoms with Crippen molar-refractivity contribution in [3.8, 4) is 11.4 Å². The Balaban J connectivity index is 1.98. The fourth-order valence-corrected chi connectivity index (χ4v) is 3.00. The number of aromatic nitrogens is 2. The summed E-state index contributed by atoms with van der Waals surface area (Å²) in [5.74, 6) is 0.740. The molecule has 0 radical (unpaired) electrons. The normalized spacial score (nSPS) is 10.6. The van der Waals surface area contributed by atoms with E-state index in [1.165, 1.54) is 0 Å². The molecule has 2 heterocycles. The smallest absolute Gasteiger partial charge is 0.258 e. The highest BCUT2D eigenvalue weighted by atomic mass is 16.5. The molecule has 128 valence electrons. The second-order valence-electron chi connectivity index (χ2n) is 5.92. The van der Waals surface area contributed by atoms with E-state index in [9.17, 15) is 4.79 Å². The van der Waals surface area contributed by atoms with Crippen LogP contribution in [-0.4, -0.2) is 22.6 Å². The number of hydrogen-bond acceptors (Lipinski definition) is 3. The predicted molar refractivity (Wildman–Crippen MR) is 98.7 cm³/mol. The summed E-state index contributed by atoms with van der Waals surface area (Å²) >= 11 is 0. The molecule has 0 fully saturated rings. The number of anilines is 1. The van der Waals surface area contributed by atoms with Crippen LogP contribution in [0.2, 0.25) is 0 Å². The first-order chi connectivity index (χ1) is 12.0. The number of nitrogens with one attached hydrogen (secondary N) is 1. The number of nitrogens with zero attached hydrogens (tertiary/aromatic N) is 2. The zero-order chi connectivity index (χ0) is 18.0. The van der Waals surface area contributed by atoms with Crippen molar-refractivity contribution >= 4 is 11.7 Å². The molecule has 0 aliphatic heterocycles. The summed E-state index contributed by atoms with van der Waals surface area (Å²) in [4.78, 5) is 16.9. The average molecular weight is 335 g/mol. The van der Waals surface area contributed by atoms with Gasteiger partial charge in [0.2, 0.25) is 0 Å². The number of carbonyl (C=O) groups is 1. The summed E-state index contributed by atoms with van der Waals surface area (Å²) in [5.41, 5.74) is 4.74. The number of ether oxygens (including phenoxy) is 1. The number of pyridine rings is 1. The molecule has 0 aliphatic rings. The maximum Gasteiger partial charge on any atom is 0.258 e. The number of hydrogen-bond donors (Lipinski definition) is 1. The van der Waals surface area contributed by atoms with Gasteiger partial charge in [-0.05, 0) is 50.6 Å². The van der Waals surface area contributed by atoms with Crippen molar-refractivity contribution in [1.29, 1.82) is 0 Å². The van der Waals surface area contributed by atoms with Crippen molar-refractivity contribution in [2.24, 2.45) is 0 Å². The predicted octanol–water partition coefficient (Wildman–Crippen LogP) is 4.06. The van der Waals surface area contributed by atoms with Gasteiger partial charge in [-0.15, -0.1) is 0 Å². The van der Waals surface area contributed by atoms with E-state index >= 15 is 0 Å². The Morgan fingerprint density at radius 2 is 1.88 bits per heavy atom. The minimum Gasteiger partial charge on any atom is -0.493 e. The Bertz CT molecular complexity index is 928. The number of amides is 1. The summed E-state index contributed by atoms with van der Waals surface area (Å²) in [6.45, 7) is 6.01. The molecule has 0 bridgehead atoms. The highest BCUT2D eigenvalue weighted by Gasteiger charge is 2.19. The zero-order valence-corrected chi connectivity index (χ0v) is 14.8. The highest BCUT2D eigenvalue weighted by molar-refractivity contribution is 6.05. The molecule has 0 spiro atoms. The fraction of sp³-hybridized carbons (Fsp3) is 0.200. The van der Waals surface area contributed by atoms with Gasteiger partial charge in [0, 0.05) is 23.3 Å². The first-order valence-corrected chi connectivity index (χ1v) is 8.08. The maximum absolute atomic E-state index is 12.8. The summed E-state index contributed by atoms with van der Waals surface area (Å²) < 4.78 is 7.34. The second-order valence-corrected chi connectivity index (χ2v) is 5.92. The van der Waals surface area contributed by atoms with Gasteiger partial charge in [0.1, 0.15) is 0 Å². The van der Waals surface area contributed by atoms with Crippen molar-refractivity contribution in [2.75, 3.05) is 12.4 Å². The Labute approximate surface area is 147 Å². The molecule has 5 nitrogen and oxygen atoms in total. The van der Waals surface area contributed by atoms with Gasteiger partial charge in [-0.1, -0.05) is 18.2 Å². The van der Waals surface area contributed by atoms with Gasteiger partial charge >= 0.3 is 0 Å². The van der Waals surface area contributed by atoms with Gasteiger partial charge in [-0.3, -0.25) is 4.79 Å². The lowest BCUT2D eigenvalue weighted by atomic mass is 10.2. The fourth-order valence-electron chi connectivity index (χ4n) is 3.00. The molecule has 0 saturated carbocycles. The number of rotatable bonds is 4. The third kappa shape index (κ3) is 3.13. The number of benzene rings is 1. The number of methoxy groups -OCH3 is 1. The molecule has 1 amide bonds. The minimum atomic E-state index is -0.204. The molecule has 0 unspecified atom stereocenters. The van der Waals surface area contributed by atoms with E-state index in [1.54, 1.807) is 25.4 Å². The Kier molecular flexibility index (Phi) is 4.57. The van der Waals surface area contributed by atoms with Crippen molar-refractivity contribution in [2.45, 2.75) is 20.8 Å². The molecule has 2 aromatic heterocycles. The molecular formula is C20H21N3O2. The van der Waals surface area contributed by atoms with Crippen LogP contribution in [0.5, 0.6) is 5.75 Å². The maximum atomic E-state index is 12.8. The van der Waals surface area contributed by atoms with Crippen LogP contribution in [-0.2, 0) is 0 Å². The SMILES string of the molecule is COc1cccnc1NC(=O)c1cc(C)n(-c2ccccc2C)c1C. The van der Waals surface area contributed by atoms with E-state index in [0.717, 1.165) is 22.6 Å². The first kappa shape index (κ1) is 16.8. The third-order valence-corrected chi connectivity index (χ3v) is 4.25. The largest absolute Gasteiger partial charge is 0.493 e. The summed E-state index contributed by atoms with van der Waals surface area (Å²) in [7, 11) is 1.55. The van der Waals surface area contributed by atoms with Crippen LogP contribution in [0.3, 0.4) is 0 Å². The van der Waals surface area contributed by atoms with Gasteiger partial charge < -0.3 is 14.6 Å². The van der Waals surface area contributed by atoms with E-state index < -0.39 is 0 Å². The van der Waals surface area contributed by atoms with Gasteiger partial charge in [0.15, 0.2) is 11.6 Å². The highest BCUT2D eigenvalue weighted by Crippen LogP contribution is 2.25. The number of aryl methyl sites for hydroxylation is 2. The molecule has 25 heavy (non-hydrogen) atoms. The Morgan fingerprint density at radius 1 is 1.12 bits per heavy atom. The molecule has 0 atom stereocenters. The lowest BCUT2D eigenvalue weighted by Crippen LogP contribution is -2.15. The van der Waals surface area contributed by atoms with Gasteiger partial charge in [0.25, 0.3) is 5.91 Å². The Hall–Kier alpha value is -3.08.